The summed E-state index contributed by atoms with van der Waals surface area (Å²) < 4.78 is 15.3. The molecule has 0 radical (unpaired) electrons. The Morgan fingerprint density at radius 2 is 1.41 bits per heavy atom. The molecule has 0 aromatic heterocycles. The van der Waals surface area contributed by atoms with Crippen LogP contribution in [0.15, 0.2) is 30.3 Å². The Kier molecular flexibility index (Phi) is 9.25. The number of rotatable bonds is 10. The average molecular weight is 575 g/mol. The summed E-state index contributed by atoms with van der Waals surface area (Å²) >= 11 is 0. The summed E-state index contributed by atoms with van der Waals surface area (Å²) in [7, 11) is -4.57. The first-order valence-electron chi connectivity index (χ1n) is 14.9. The number of β-lactam (4-membered cyclic amide) rings is 1. The molecule has 1 aromatic rings. The summed E-state index contributed by atoms with van der Waals surface area (Å²) in [6, 6.07) is 8.88. The summed E-state index contributed by atoms with van der Waals surface area (Å²) in [5, 5.41) is -0.0412. The summed E-state index contributed by atoms with van der Waals surface area (Å²) in [5.74, 6) is 0.223. The molecule has 8 heteroatoms. The lowest BCUT2D eigenvalue weighted by Crippen LogP contribution is -2.82. The number of benzene rings is 1. The number of nitrogens with zero attached hydrogens (tertiary/aromatic N) is 2. The number of hydrogen-bond acceptors (Lipinski definition) is 4. The van der Waals surface area contributed by atoms with Gasteiger partial charge in [0.05, 0.1) is 18.2 Å². The number of ether oxygens (including phenoxy) is 1. The summed E-state index contributed by atoms with van der Waals surface area (Å²) in [6.45, 7) is 29.8. The molecule has 39 heavy (non-hydrogen) atoms. The summed E-state index contributed by atoms with van der Waals surface area (Å²) in [5.41, 5.74) is 2.26. The maximum Gasteiger partial charge on any atom is 0.411 e. The second kappa shape index (κ2) is 11.3. The lowest BCUT2D eigenvalue weighted by atomic mass is 9.85. The van der Waals surface area contributed by atoms with Crippen LogP contribution in [0.5, 0.6) is 0 Å². The van der Waals surface area contributed by atoms with Crippen LogP contribution in [0.25, 0.3) is 0 Å². The van der Waals surface area contributed by atoms with E-state index >= 15 is 0 Å². The Balaban J connectivity index is 2.18. The molecule has 4 atom stereocenters. The van der Waals surface area contributed by atoms with Gasteiger partial charge in [0.2, 0.25) is 14.2 Å². The van der Waals surface area contributed by atoms with Crippen LogP contribution >= 0.6 is 0 Å². The topological polar surface area (TPSA) is 59.1 Å². The van der Waals surface area contributed by atoms with Crippen molar-refractivity contribution in [2.24, 2.45) is 5.92 Å². The molecule has 0 bridgehead atoms. The standard InChI is InChI=1S/C31H54N2O4Si2/c1-20(2)28(37-39(21(3)4,22(5)6)23(7)8)26-27(29(34)33(26)38(12,13)31(9,10)11)32-25(19-36-30(32)35)24-17-15-14-16-18-24/h14-18,20-23,25-28H,19H2,1-13H3/t25-,26+,27-,28+/m1/s1. The number of carbonyl (C=O) groups is 2. The van der Waals surface area contributed by atoms with E-state index in [4.69, 9.17) is 9.16 Å². The Hall–Kier alpha value is -1.65. The minimum atomic E-state index is -2.29. The zero-order valence-corrected chi connectivity index (χ0v) is 28.7. The van der Waals surface area contributed by atoms with Gasteiger partial charge in [-0.1, -0.05) is 120 Å². The van der Waals surface area contributed by atoms with Crippen molar-refractivity contribution in [3.05, 3.63) is 35.9 Å². The molecule has 2 amide bonds. The first-order valence-corrected chi connectivity index (χ1v) is 20.0. The minimum absolute atomic E-state index is 0.0412. The van der Waals surface area contributed by atoms with Crippen LogP contribution in [0.2, 0.25) is 34.8 Å². The first-order chi connectivity index (χ1) is 17.9. The predicted molar refractivity (Wildman–Crippen MR) is 165 cm³/mol. The number of amides is 2. The molecule has 2 aliphatic heterocycles. The second-order valence-electron chi connectivity index (χ2n) is 14.5. The Labute approximate surface area is 240 Å². The zero-order valence-electron chi connectivity index (χ0n) is 26.7. The van der Waals surface area contributed by atoms with Crippen LogP contribution in [0.1, 0.15) is 87.8 Å². The monoisotopic (exact) mass is 574 g/mol. The van der Waals surface area contributed by atoms with Gasteiger partial charge in [0.1, 0.15) is 12.6 Å². The largest absolute Gasteiger partial charge is 0.447 e. The Morgan fingerprint density at radius 1 is 0.897 bits per heavy atom. The first kappa shape index (κ1) is 31.9. The second-order valence-corrected chi connectivity index (χ2v) is 25.0. The third-order valence-corrected chi connectivity index (χ3v) is 21.5. The van der Waals surface area contributed by atoms with Crippen LogP contribution in [0.3, 0.4) is 0 Å². The Bertz CT molecular complexity index is 997. The fourth-order valence-corrected chi connectivity index (χ4v) is 15.2. The SMILES string of the molecule is CC(C)[C@H](O[Si](C(C)C)(C(C)C)C(C)C)[C@@H]1[C@@H](N2C(=O)OC[C@@H]2c2ccccc2)C(=O)N1[Si](C)(C)C(C)(C)C. The summed E-state index contributed by atoms with van der Waals surface area (Å²) in [6.07, 6.45) is -0.574. The van der Waals surface area contributed by atoms with Crippen molar-refractivity contribution in [1.82, 2.24) is 9.47 Å². The third kappa shape index (κ3) is 5.37. The highest BCUT2D eigenvalue weighted by atomic mass is 28.4. The number of carbonyl (C=O) groups excluding carboxylic acids is 2. The number of cyclic esters (lactones) is 1. The van der Waals surface area contributed by atoms with E-state index in [1.54, 1.807) is 4.90 Å². The van der Waals surface area contributed by atoms with Crippen LogP contribution in [-0.4, -0.2) is 62.8 Å². The predicted octanol–water partition coefficient (Wildman–Crippen LogP) is 7.98. The van der Waals surface area contributed by atoms with Gasteiger partial charge in [-0.15, -0.1) is 0 Å². The quantitative estimate of drug-likeness (QED) is 0.210. The van der Waals surface area contributed by atoms with E-state index in [9.17, 15) is 9.59 Å². The van der Waals surface area contributed by atoms with Crippen LogP contribution in [-0.2, 0) is 14.0 Å². The fourth-order valence-electron chi connectivity index (χ4n) is 7.03. The molecule has 220 valence electrons. The molecule has 3 rings (SSSR count). The highest BCUT2D eigenvalue weighted by molar-refractivity contribution is 6.80. The van der Waals surface area contributed by atoms with Crippen LogP contribution in [0, 0.1) is 5.92 Å². The molecule has 6 nitrogen and oxygen atoms in total. The molecular weight excluding hydrogens is 521 g/mol. The molecule has 0 aliphatic carbocycles. The molecule has 0 saturated carbocycles. The van der Waals surface area contributed by atoms with Crippen molar-refractivity contribution < 1.29 is 18.8 Å². The van der Waals surface area contributed by atoms with Crippen molar-refractivity contribution in [2.45, 2.75) is 135 Å². The van der Waals surface area contributed by atoms with Crippen molar-refractivity contribution >= 4 is 28.6 Å². The lowest BCUT2D eigenvalue weighted by molar-refractivity contribution is -0.157. The molecule has 2 aliphatic rings. The van der Waals surface area contributed by atoms with E-state index in [0.29, 0.717) is 16.6 Å². The van der Waals surface area contributed by atoms with E-state index in [0.717, 1.165) is 5.56 Å². The van der Waals surface area contributed by atoms with Crippen molar-refractivity contribution in [3.63, 3.8) is 0 Å². The smallest absolute Gasteiger partial charge is 0.411 e. The lowest BCUT2D eigenvalue weighted by Gasteiger charge is -2.63. The molecule has 2 saturated heterocycles. The highest BCUT2D eigenvalue weighted by Gasteiger charge is 2.65. The van der Waals surface area contributed by atoms with Gasteiger partial charge in [0.15, 0.2) is 8.24 Å². The molecule has 0 unspecified atom stereocenters. The maximum absolute atomic E-state index is 14.3. The van der Waals surface area contributed by atoms with Gasteiger partial charge in [-0.2, -0.15) is 0 Å². The zero-order chi connectivity index (χ0) is 29.7. The van der Waals surface area contributed by atoms with Gasteiger partial charge >= 0.3 is 6.09 Å². The fraction of sp³-hybridized carbons (Fsp3) is 0.742. The van der Waals surface area contributed by atoms with Gasteiger partial charge in [0, 0.05) is 0 Å². The summed E-state index contributed by atoms with van der Waals surface area (Å²) in [4.78, 5) is 29.4. The van der Waals surface area contributed by atoms with Gasteiger partial charge in [-0.3, -0.25) is 9.69 Å². The highest BCUT2D eigenvalue weighted by Crippen LogP contribution is 2.50. The molecule has 0 spiro atoms. The van der Waals surface area contributed by atoms with E-state index in [-0.39, 0.29) is 41.7 Å². The van der Waals surface area contributed by atoms with Crippen LogP contribution < -0.4 is 0 Å². The number of hydrogen-bond donors (Lipinski definition) is 0. The normalized spacial score (nSPS) is 23.8. The van der Waals surface area contributed by atoms with E-state index in [1.165, 1.54) is 0 Å². The van der Waals surface area contributed by atoms with Crippen LogP contribution in [0.4, 0.5) is 4.79 Å². The Morgan fingerprint density at radius 3 is 1.85 bits per heavy atom. The van der Waals surface area contributed by atoms with Gasteiger partial charge in [-0.25, -0.2) is 4.79 Å². The minimum Gasteiger partial charge on any atom is -0.447 e. The van der Waals surface area contributed by atoms with Gasteiger partial charge < -0.3 is 13.7 Å². The maximum atomic E-state index is 14.3. The molecule has 2 fully saturated rings. The van der Waals surface area contributed by atoms with Gasteiger partial charge in [0.25, 0.3) is 0 Å². The van der Waals surface area contributed by atoms with Crippen molar-refractivity contribution in [3.8, 4) is 0 Å². The molecule has 2 heterocycles. The average Bonchev–Trinajstić information content (AvgIpc) is 3.18. The van der Waals surface area contributed by atoms with Crippen molar-refractivity contribution in [2.75, 3.05) is 6.61 Å². The molecule has 0 N–H and O–H groups in total. The van der Waals surface area contributed by atoms with Crippen molar-refractivity contribution in [1.29, 1.82) is 0 Å². The molecular formula is C31H54N2O4Si2. The molecule has 1 aromatic carbocycles. The third-order valence-electron chi connectivity index (χ3n) is 9.99. The van der Waals surface area contributed by atoms with E-state index in [1.807, 2.05) is 30.3 Å². The van der Waals surface area contributed by atoms with E-state index < -0.39 is 28.7 Å². The van der Waals surface area contributed by atoms with Gasteiger partial charge in [-0.05, 0) is 33.1 Å². The van der Waals surface area contributed by atoms with E-state index in [2.05, 4.69) is 93.8 Å².